The molecule has 2 aromatic heterocycles. The highest BCUT2D eigenvalue weighted by molar-refractivity contribution is 5.94. The molecule has 0 saturated heterocycles. The van der Waals surface area contributed by atoms with Gasteiger partial charge >= 0.3 is 0 Å². The highest BCUT2D eigenvalue weighted by atomic mass is 16.1. The first-order valence-electron chi connectivity index (χ1n) is 8.60. The van der Waals surface area contributed by atoms with Gasteiger partial charge in [-0.3, -0.25) is 4.79 Å². The smallest absolute Gasteiger partial charge is 0.253 e. The zero-order valence-electron chi connectivity index (χ0n) is 14.5. The van der Waals surface area contributed by atoms with E-state index in [-0.39, 0.29) is 11.9 Å². The number of nitrogens with one attached hydrogen (secondary N) is 1. The summed E-state index contributed by atoms with van der Waals surface area (Å²) >= 11 is 0. The molecule has 1 amide bonds. The summed E-state index contributed by atoms with van der Waals surface area (Å²) in [5.74, 6) is -0.0970. The van der Waals surface area contributed by atoms with Gasteiger partial charge in [0.05, 0.1) is 11.6 Å². The quantitative estimate of drug-likeness (QED) is 0.594. The van der Waals surface area contributed by atoms with Crippen molar-refractivity contribution in [2.75, 3.05) is 0 Å². The van der Waals surface area contributed by atoms with Crippen LogP contribution in [-0.2, 0) is 0 Å². The Kier molecular flexibility index (Phi) is 4.23. The molecule has 2 aromatic carbocycles. The fraction of sp³-hybridized carbons (Fsp3) is 0.0909. The maximum Gasteiger partial charge on any atom is 0.253 e. The highest BCUT2D eigenvalue weighted by Gasteiger charge is 2.12. The Balaban J connectivity index is 1.48. The molecule has 1 unspecified atom stereocenters. The molecule has 0 aliphatic rings. The van der Waals surface area contributed by atoms with Crippen LogP contribution in [0.1, 0.15) is 28.9 Å². The van der Waals surface area contributed by atoms with Gasteiger partial charge in [-0.2, -0.15) is 0 Å². The molecule has 26 heavy (non-hydrogen) atoms. The topological polar surface area (TPSA) is 46.4 Å². The molecule has 0 bridgehead atoms. The van der Waals surface area contributed by atoms with E-state index in [1.54, 1.807) is 18.5 Å². The van der Waals surface area contributed by atoms with E-state index in [2.05, 4.69) is 46.7 Å². The molecule has 128 valence electrons. The highest BCUT2D eigenvalue weighted by Crippen LogP contribution is 2.22. The van der Waals surface area contributed by atoms with E-state index in [1.165, 1.54) is 11.1 Å². The van der Waals surface area contributed by atoms with Crippen LogP contribution in [0.2, 0.25) is 0 Å². The zero-order chi connectivity index (χ0) is 17.9. The third-order valence-electron chi connectivity index (χ3n) is 4.52. The lowest BCUT2D eigenvalue weighted by Gasteiger charge is -2.15. The van der Waals surface area contributed by atoms with Crippen molar-refractivity contribution in [2.45, 2.75) is 13.0 Å². The van der Waals surface area contributed by atoms with E-state index in [1.807, 2.05) is 41.8 Å². The summed E-state index contributed by atoms with van der Waals surface area (Å²) in [5.41, 5.74) is 4.86. The van der Waals surface area contributed by atoms with Crippen LogP contribution in [0, 0.1) is 0 Å². The second-order valence-electron chi connectivity index (χ2n) is 6.29. The lowest BCUT2D eigenvalue weighted by Crippen LogP contribution is -2.26. The molecule has 0 spiro atoms. The van der Waals surface area contributed by atoms with Crippen molar-refractivity contribution in [1.82, 2.24) is 14.7 Å². The van der Waals surface area contributed by atoms with Gasteiger partial charge in [-0.1, -0.05) is 54.6 Å². The van der Waals surface area contributed by atoms with E-state index < -0.39 is 0 Å². The first-order chi connectivity index (χ1) is 12.7. The second kappa shape index (κ2) is 6.84. The summed E-state index contributed by atoms with van der Waals surface area (Å²) in [6, 6.07) is 22.1. The van der Waals surface area contributed by atoms with E-state index in [0.717, 1.165) is 11.2 Å². The normalized spacial score (nSPS) is 12.0. The average Bonchev–Trinajstić information content (AvgIpc) is 3.16. The second-order valence-corrected chi connectivity index (χ2v) is 6.29. The predicted molar refractivity (Wildman–Crippen MR) is 103 cm³/mol. The minimum atomic E-state index is -0.0970. The molecule has 1 atom stereocenters. The van der Waals surface area contributed by atoms with E-state index in [4.69, 9.17) is 0 Å². The number of benzene rings is 2. The molecule has 0 saturated carbocycles. The predicted octanol–water partition coefficient (Wildman–Crippen LogP) is 4.49. The van der Waals surface area contributed by atoms with Crippen molar-refractivity contribution < 1.29 is 4.79 Å². The average molecular weight is 341 g/mol. The Morgan fingerprint density at radius 2 is 1.69 bits per heavy atom. The summed E-state index contributed by atoms with van der Waals surface area (Å²) in [4.78, 5) is 16.7. The minimum absolute atomic E-state index is 0.0780. The van der Waals surface area contributed by atoms with E-state index in [9.17, 15) is 4.79 Å². The van der Waals surface area contributed by atoms with Gasteiger partial charge in [0.25, 0.3) is 5.91 Å². The summed E-state index contributed by atoms with van der Waals surface area (Å²) in [5, 5.41) is 3.06. The molecule has 0 aliphatic heterocycles. The first-order valence-corrected chi connectivity index (χ1v) is 8.60. The van der Waals surface area contributed by atoms with Crippen molar-refractivity contribution in [3.05, 3.63) is 96.4 Å². The maximum atomic E-state index is 12.5. The number of nitrogens with zero attached hydrogens (tertiary/aromatic N) is 2. The molecule has 4 rings (SSSR count). The molecular formula is C22H19N3O. The molecule has 1 N–H and O–H groups in total. The Morgan fingerprint density at radius 1 is 0.962 bits per heavy atom. The number of hydrogen-bond acceptors (Lipinski definition) is 2. The lowest BCUT2D eigenvalue weighted by molar-refractivity contribution is 0.0939. The van der Waals surface area contributed by atoms with Crippen LogP contribution >= 0.6 is 0 Å². The number of rotatable bonds is 4. The van der Waals surface area contributed by atoms with Crippen molar-refractivity contribution in [3.8, 4) is 11.1 Å². The number of hydrogen-bond donors (Lipinski definition) is 1. The number of carbonyl (C=O) groups excluding carboxylic acids is 1. The number of pyridine rings is 1. The van der Waals surface area contributed by atoms with Crippen LogP contribution in [0.15, 0.2) is 85.3 Å². The van der Waals surface area contributed by atoms with Gasteiger partial charge in [-0.05, 0) is 35.7 Å². The van der Waals surface area contributed by atoms with Crippen LogP contribution in [0.25, 0.3) is 16.8 Å². The standard InChI is InChI=1S/C22H19N3O/c1-16(17-7-9-19(10-8-17)18-5-3-2-4-6-18)24-22(26)20-11-12-21-23-13-14-25(21)15-20/h2-16H,1H3,(H,24,26). The molecule has 2 heterocycles. The monoisotopic (exact) mass is 341 g/mol. The molecule has 0 aliphatic carbocycles. The van der Waals surface area contributed by atoms with Gasteiger partial charge in [0, 0.05) is 18.6 Å². The van der Waals surface area contributed by atoms with Crippen LogP contribution in [0.3, 0.4) is 0 Å². The van der Waals surface area contributed by atoms with Crippen molar-refractivity contribution in [3.63, 3.8) is 0 Å². The summed E-state index contributed by atoms with van der Waals surface area (Å²) in [6.07, 6.45) is 5.34. The number of amides is 1. The van der Waals surface area contributed by atoms with Gasteiger partial charge in [0.1, 0.15) is 5.65 Å². The Hall–Kier alpha value is -3.40. The zero-order valence-corrected chi connectivity index (χ0v) is 14.5. The number of carbonyl (C=O) groups is 1. The molecule has 4 nitrogen and oxygen atoms in total. The van der Waals surface area contributed by atoms with Crippen LogP contribution in [-0.4, -0.2) is 15.3 Å². The molecule has 0 radical (unpaired) electrons. The van der Waals surface area contributed by atoms with Crippen LogP contribution in [0.5, 0.6) is 0 Å². The van der Waals surface area contributed by atoms with Gasteiger partial charge in [0.15, 0.2) is 0 Å². The SMILES string of the molecule is CC(NC(=O)c1ccc2nccn2c1)c1ccc(-c2ccccc2)cc1. The van der Waals surface area contributed by atoms with E-state index >= 15 is 0 Å². The van der Waals surface area contributed by atoms with E-state index in [0.29, 0.717) is 5.56 Å². The molecular weight excluding hydrogens is 322 g/mol. The fourth-order valence-electron chi connectivity index (χ4n) is 3.01. The number of imidazole rings is 1. The van der Waals surface area contributed by atoms with Crippen LogP contribution < -0.4 is 5.32 Å². The summed E-state index contributed by atoms with van der Waals surface area (Å²) in [7, 11) is 0. The van der Waals surface area contributed by atoms with Gasteiger partial charge in [0.2, 0.25) is 0 Å². The van der Waals surface area contributed by atoms with Crippen LogP contribution in [0.4, 0.5) is 0 Å². The summed E-state index contributed by atoms with van der Waals surface area (Å²) in [6.45, 7) is 1.99. The molecule has 0 fully saturated rings. The van der Waals surface area contributed by atoms with Gasteiger partial charge < -0.3 is 9.72 Å². The van der Waals surface area contributed by atoms with Crippen molar-refractivity contribution in [1.29, 1.82) is 0 Å². The van der Waals surface area contributed by atoms with Gasteiger partial charge in [-0.15, -0.1) is 0 Å². The van der Waals surface area contributed by atoms with Crippen molar-refractivity contribution >= 4 is 11.6 Å². The minimum Gasteiger partial charge on any atom is -0.345 e. The molecule has 4 heteroatoms. The van der Waals surface area contributed by atoms with Crippen molar-refractivity contribution in [2.24, 2.45) is 0 Å². The number of aromatic nitrogens is 2. The summed E-state index contributed by atoms with van der Waals surface area (Å²) < 4.78 is 1.84. The Morgan fingerprint density at radius 3 is 2.46 bits per heavy atom. The van der Waals surface area contributed by atoms with Gasteiger partial charge in [-0.25, -0.2) is 4.98 Å². The lowest BCUT2D eigenvalue weighted by atomic mass is 10.0. The number of fused-ring (bicyclic) bond motifs is 1. The Bertz CT molecular complexity index is 1040. The third-order valence-corrected chi connectivity index (χ3v) is 4.52. The largest absolute Gasteiger partial charge is 0.345 e. The fourth-order valence-corrected chi connectivity index (χ4v) is 3.01. The first kappa shape index (κ1) is 16.1. The Labute approximate surface area is 152 Å². The third kappa shape index (κ3) is 3.22. The molecule has 4 aromatic rings. The maximum absolute atomic E-state index is 12.5.